The first kappa shape index (κ1) is 15.0. The lowest BCUT2D eigenvalue weighted by atomic mass is 10.1. The van der Waals surface area contributed by atoms with Crippen molar-refractivity contribution < 1.29 is 14.3 Å². The van der Waals surface area contributed by atoms with Crippen molar-refractivity contribution in [3.63, 3.8) is 0 Å². The molecule has 0 saturated carbocycles. The lowest BCUT2D eigenvalue weighted by Gasteiger charge is -2.18. The zero-order valence-corrected chi connectivity index (χ0v) is 12.9. The van der Waals surface area contributed by atoms with Crippen molar-refractivity contribution in [3.8, 4) is 0 Å². The average Bonchev–Trinajstić information content (AvgIpc) is 2.80. The second kappa shape index (κ2) is 6.37. The maximum Gasteiger partial charge on any atom is 0.338 e. The summed E-state index contributed by atoms with van der Waals surface area (Å²) in [6, 6.07) is 5.10. The van der Waals surface area contributed by atoms with Crippen LogP contribution in [0.5, 0.6) is 0 Å². The molecular weight excluding hydrogens is 324 g/mol. The third-order valence-corrected chi connectivity index (χ3v) is 3.92. The number of hydrogen-bond donors (Lipinski definition) is 1. The first-order valence-electron chi connectivity index (χ1n) is 6.54. The normalized spacial score (nSPS) is 18.4. The van der Waals surface area contributed by atoms with Crippen LogP contribution in [0.25, 0.3) is 0 Å². The average molecular weight is 341 g/mol. The van der Waals surface area contributed by atoms with E-state index in [0.29, 0.717) is 36.2 Å². The van der Waals surface area contributed by atoms with E-state index in [1.807, 2.05) is 0 Å². The number of carbonyl (C=O) groups is 2. The van der Waals surface area contributed by atoms with E-state index in [4.69, 9.17) is 10.5 Å². The van der Waals surface area contributed by atoms with Gasteiger partial charge in [0.1, 0.15) is 0 Å². The Bertz CT molecular complexity index is 533. The smallest absolute Gasteiger partial charge is 0.338 e. The van der Waals surface area contributed by atoms with Crippen molar-refractivity contribution in [2.24, 2.45) is 11.7 Å². The van der Waals surface area contributed by atoms with Crippen LogP contribution in [0.4, 0.5) is 5.69 Å². The zero-order chi connectivity index (χ0) is 14.7. The molecule has 0 spiro atoms. The molecule has 1 heterocycles. The van der Waals surface area contributed by atoms with E-state index in [1.165, 1.54) is 0 Å². The summed E-state index contributed by atoms with van der Waals surface area (Å²) < 4.78 is 5.65. The van der Waals surface area contributed by atoms with Gasteiger partial charge in [0.25, 0.3) is 0 Å². The molecule has 1 fully saturated rings. The maximum absolute atomic E-state index is 12.0. The highest BCUT2D eigenvalue weighted by atomic mass is 79.9. The Morgan fingerprint density at radius 3 is 2.85 bits per heavy atom. The molecule has 108 valence electrons. The number of rotatable bonds is 4. The fourth-order valence-electron chi connectivity index (χ4n) is 2.24. The third-order valence-electron chi connectivity index (χ3n) is 3.29. The standard InChI is InChI=1S/C14H17BrN2O3/c1-2-20-14(19)10-3-4-12(11(15)6-10)17-8-9(7-16)5-13(17)18/h3-4,6,9H,2,5,7-8,16H2,1H3. The molecular formula is C14H17BrN2O3. The highest BCUT2D eigenvalue weighted by Gasteiger charge is 2.30. The summed E-state index contributed by atoms with van der Waals surface area (Å²) in [4.78, 5) is 25.3. The van der Waals surface area contributed by atoms with Crippen LogP contribution in [0.3, 0.4) is 0 Å². The number of hydrogen-bond acceptors (Lipinski definition) is 4. The van der Waals surface area contributed by atoms with E-state index >= 15 is 0 Å². The van der Waals surface area contributed by atoms with Crippen molar-refractivity contribution in [2.75, 3.05) is 24.6 Å². The third kappa shape index (κ3) is 3.02. The molecule has 0 bridgehead atoms. The van der Waals surface area contributed by atoms with Gasteiger partial charge < -0.3 is 15.4 Å². The van der Waals surface area contributed by atoms with Crippen LogP contribution in [-0.2, 0) is 9.53 Å². The molecule has 0 aliphatic carbocycles. The van der Waals surface area contributed by atoms with Crippen molar-refractivity contribution in [1.82, 2.24) is 0 Å². The molecule has 2 N–H and O–H groups in total. The van der Waals surface area contributed by atoms with Crippen molar-refractivity contribution in [1.29, 1.82) is 0 Å². The summed E-state index contributed by atoms with van der Waals surface area (Å²) >= 11 is 3.41. The summed E-state index contributed by atoms with van der Waals surface area (Å²) in [7, 11) is 0. The molecule has 1 atom stereocenters. The minimum atomic E-state index is -0.368. The van der Waals surface area contributed by atoms with Crippen molar-refractivity contribution in [3.05, 3.63) is 28.2 Å². The molecule has 5 nitrogen and oxygen atoms in total. The van der Waals surface area contributed by atoms with Crippen molar-refractivity contribution in [2.45, 2.75) is 13.3 Å². The number of halogens is 1. The summed E-state index contributed by atoms with van der Waals surface area (Å²) in [5.74, 6) is -0.114. The molecule has 1 aliphatic rings. The highest BCUT2D eigenvalue weighted by Crippen LogP contribution is 2.32. The minimum Gasteiger partial charge on any atom is -0.462 e. The largest absolute Gasteiger partial charge is 0.462 e. The van der Waals surface area contributed by atoms with Gasteiger partial charge in [0.2, 0.25) is 5.91 Å². The van der Waals surface area contributed by atoms with Gasteiger partial charge in [0, 0.05) is 17.4 Å². The summed E-state index contributed by atoms with van der Waals surface area (Å²) in [6.45, 7) is 3.21. The lowest BCUT2D eigenvalue weighted by Crippen LogP contribution is -2.26. The van der Waals surface area contributed by atoms with Crippen LogP contribution in [0.1, 0.15) is 23.7 Å². The van der Waals surface area contributed by atoms with Crippen molar-refractivity contribution >= 4 is 33.5 Å². The van der Waals surface area contributed by atoms with Crippen LogP contribution < -0.4 is 10.6 Å². The molecule has 1 aliphatic heterocycles. The number of esters is 1. The van der Waals surface area contributed by atoms with Crippen LogP contribution in [0.2, 0.25) is 0 Å². The highest BCUT2D eigenvalue weighted by molar-refractivity contribution is 9.10. The number of carbonyl (C=O) groups excluding carboxylic acids is 2. The molecule has 1 saturated heterocycles. The number of nitrogens with zero attached hydrogens (tertiary/aromatic N) is 1. The Morgan fingerprint density at radius 1 is 1.55 bits per heavy atom. The number of amides is 1. The van der Waals surface area contributed by atoms with Gasteiger partial charge >= 0.3 is 5.97 Å². The molecule has 1 aromatic rings. The van der Waals surface area contributed by atoms with Crippen LogP contribution >= 0.6 is 15.9 Å². The van der Waals surface area contributed by atoms with Gasteiger partial charge in [-0.1, -0.05) is 0 Å². The number of ether oxygens (including phenoxy) is 1. The second-order valence-electron chi connectivity index (χ2n) is 4.70. The minimum absolute atomic E-state index is 0.0602. The quantitative estimate of drug-likeness (QED) is 0.850. The van der Waals surface area contributed by atoms with Gasteiger partial charge in [-0.05, 0) is 53.5 Å². The predicted octanol–water partition coefficient (Wildman–Crippen LogP) is 1.94. The summed E-state index contributed by atoms with van der Waals surface area (Å²) in [5.41, 5.74) is 6.85. The molecule has 20 heavy (non-hydrogen) atoms. The molecule has 2 rings (SSSR count). The maximum atomic E-state index is 12.0. The Labute approximate surface area is 126 Å². The Kier molecular flexibility index (Phi) is 4.77. The van der Waals surface area contributed by atoms with Gasteiger partial charge in [-0.15, -0.1) is 0 Å². The second-order valence-corrected chi connectivity index (χ2v) is 5.55. The number of nitrogens with two attached hydrogens (primary N) is 1. The number of benzene rings is 1. The van der Waals surface area contributed by atoms with E-state index in [0.717, 1.165) is 5.69 Å². The Morgan fingerprint density at radius 2 is 2.30 bits per heavy atom. The first-order chi connectivity index (χ1) is 9.56. The SMILES string of the molecule is CCOC(=O)c1ccc(N2CC(CN)CC2=O)c(Br)c1. The molecule has 6 heteroatoms. The molecule has 1 amide bonds. The summed E-state index contributed by atoms with van der Waals surface area (Å²) in [5, 5.41) is 0. The van der Waals surface area contributed by atoms with Gasteiger partial charge in [0.15, 0.2) is 0 Å². The molecule has 0 radical (unpaired) electrons. The van der Waals surface area contributed by atoms with Crippen LogP contribution in [0, 0.1) is 5.92 Å². The predicted molar refractivity (Wildman–Crippen MR) is 79.6 cm³/mol. The first-order valence-corrected chi connectivity index (χ1v) is 7.33. The van der Waals surface area contributed by atoms with E-state index < -0.39 is 0 Å². The van der Waals surface area contributed by atoms with Gasteiger partial charge in [-0.25, -0.2) is 4.79 Å². The lowest BCUT2D eigenvalue weighted by molar-refractivity contribution is -0.117. The van der Waals surface area contributed by atoms with E-state index in [9.17, 15) is 9.59 Å². The van der Waals surface area contributed by atoms with Gasteiger partial charge in [-0.2, -0.15) is 0 Å². The van der Waals surface area contributed by atoms with Gasteiger partial charge in [-0.3, -0.25) is 4.79 Å². The molecule has 1 unspecified atom stereocenters. The van der Waals surface area contributed by atoms with Crippen LogP contribution in [-0.4, -0.2) is 31.6 Å². The Balaban J connectivity index is 2.22. The summed E-state index contributed by atoms with van der Waals surface area (Å²) in [6.07, 6.45) is 0.475. The van der Waals surface area contributed by atoms with E-state index in [2.05, 4.69) is 15.9 Å². The van der Waals surface area contributed by atoms with E-state index in [1.54, 1.807) is 30.0 Å². The van der Waals surface area contributed by atoms with Gasteiger partial charge in [0.05, 0.1) is 17.9 Å². The number of anilines is 1. The van der Waals surface area contributed by atoms with Crippen LogP contribution in [0.15, 0.2) is 22.7 Å². The molecule has 1 aromatic carbocycles. The monoisotopic (exact) mass is 340 g/mol. The molecule has 0 aromatic heterocycles. The zero-order valence-electron chi connectivity index (χ0n) is 11.3. The Hall–Kier alpha value is -1.40. The fourth-order valence-corrected chi connectivity index (χ4v) is 2.83. The topological polar surface area (TPSA) is 72.6 Å². The van der Waals surface area contributed by atoms with E-state index in [-0.39, 0.29) is 17.8 Å². The fraction of sp³-hybridized carbons (Fsp3) is 0.429.